The smallest absolute Gasteiger partial charge is 0.230 e. The Kier molecular flexibility index (Phi) is 7.95. The summed E-state index contributed by atoms with van der Waals surface area (Å²) < 4.78 is 5.03. The van der Waals surface area contributed by atoms with Crippen LogP contribution in [0.5, 0.6) is 5.75 Å². The summed E-state index contributed by atoms with van der Waals surface area (Å²) in [6.45, 7) is 1.58. The SMILES string of the molecule is C[NH2+]CCC[NH2+][C@@H](CC(=O)Nc1ccc(OC)cc1)C(=O)[O-]. The zero-order valence-electron chi connectivity index (χ0n) is 13.0. The van der Waals surface area contributed by atoms with E-state index in [4.69, 9.17) is 4.74 Å². The normalized spacial score (nSPS) is 11.7. The largest absolute Gasteiger partial charge is 0.544 e. The van der Waals surface area contributed by atoms with Gasteiger partial charge >= 0.3 is 0 Å². The minimum Gasteiger partial charge on any atom is -0.544 e. The van der Waals surface area contributed by atoms with Gasteiger partial charge in [-0.15, -0.1) is 0 Å². The molecule has 1 aromatic rings. The maximum absolute atomic E-state index is 11.9. The van der Waals surface area contributed by atoms with Gasteiger partial charge in [-0.1, -0.05) is 0 Å². The van der Waals surface area contributed by atoms with E-state index < -0.39 is 12.0 Å². The Balaban J connectivity index is 2.46. The summed E-state index contributed by atoms with van der Waals surface area (Å²) in [5.74, 6) is -0.880. The first-order chi connectivity index (χ1) is 10.6. The highest BCUT2D eigenvalue weighted by Gasteiger charge is 2.18. The van der Waals surface area contributed by atoms with Gasteiger partial charge in [0.1, 0.15) is 11.8 Å². The second-order valence-corrected chi connectivity index (χ2v) is 4.98. The molecule has 0 saturated carbocycles. The molecule has 1 aromatic carbocycles. The van der Waals surface area contributed by atoms with Crippen molar-refractivity contribution in [3.63, 3.8) is 0 Å². The number of carboxylic acids is 1. The number of aliphatic carboxylic acids is 1. The minimum absolute atomic E-state index is 0.121. The highest BCUT2D eigenvalue weighted by atomic mass is 16.5. The molecule has 7 nitrogen and oxygen atoms in total. The first kappa shape index (κ1) is 17.9. The van der Waals surface area contributed by atoms with E-state index in [1.165, 1.54) is 0 Å². The molecule has 0 aliphatic rings. The van der Waals surface area contributed by atoms with E-state index in [1.54, 1.807) is 36.7 Å². The minimum atomic E-state index is -1.22. The van der Waals surface area contributed by atoms with Crippen LogP contribution in [0.25, 0.3) is 0 Å². The van der Waals surface area contributed by atoms with Crippen LogP contribution in [0.1, 0.15) is 12.8 Å². The van der Waals surface area contributed by atoms with Crippen LogP contribution in [-0.4, -0.2) is 45.2 Å². The van der Waals surface area contributed by atoms with E-state index >= 15 is 0 Å². The topological polar surface area (TPSA) is 112 Å². The van der Waals surface area contributed by atoms with Crippen molar-refractivity contribution >= 4 is 17.6 Å². The van der Waals surface area contributed by atoms with E-state index in [0.717, 1.165) is 13.0 Å². The second-order valence-electron chi connectivity index (χ2n) is 4.98. The molecule has 0 aliphatic heterocycles. The molecule has 0 aliphatic carbocycles. The third-order valence-corrected chi connectivity index (χ3v) is 3.23. The average Bonchev–Trinajstić information content (AvgIpc) is 2.51. The van der Waals surface area contributed by atoms with Gasteiger partial charge in [0.2, 0.25) is 5.91 Å². The highest BCUT2D eigenvalue weighted by Crippen LogP contribution is 2.15. The lowest BCUT2D eigenvalue weighted by Crippen LogP contribution is -2.94. The summed E-state index contributed by atoms with van der Waals surface area (Å²) >= 11 is 0. The number of hydrogen-bond donors (Lipinski definition) is 3. The van der Waals surface area contributed by atoms with Crippen LogP contribution in [0.2, 0.25) is 0 Å². The number of benzene rings is 1. The molecule has 1 rings (SSSR count). The molecule has 7 heteroatoms. The highest BCUT2D eigenvalue weighted by molar-refractivity contribution is 5.93. The number of nitrogens with two attached hydrogens (primary N) is 2. The number of carbonyl (C=O) groups excluding carboxylic acids is 2. The number of rotatable bonds is 10. The molecule has 22 heavy (non-hydrogen) atoms. The van der Waals surface area contributed by atoms with Gasteiger partial charge in [-0.25, -0.2) is 0 Å². The quantitative estimate of drug-likeness (QED) is 0.408. The number of nitrogens with one attached hydrogen (secondary N) is 1. The Morgan fingerprint density at radius 3 is 2.50 bits per heavy atom. The van der Waals surface area contributed by atoms with Gasteiger partial charge < -0.3 is 30.6 Å². The monoisotopic (exact) mass is 310 g/mol. The van der Waals surface area contributed by atoms with Crippen molar-refractivity contribution < 1.29 is 30.1 Å². The zero-order chi connectivity index (χ0) is 16.4. The van der Waals surface area contributed by atoms with Gasteiger partial charge in [0.25, 0.3) is 0 Å². The molecule has 0 unspecified atom stereocenters. The summed E-state index contributed by atoms with van der Waals surface area (Å²) in [6, 6.07) is 5.98. The molecule has 1 atom stereocenters. The number of ether oxygens (including phenoxy) is 1. The van der Waals surface area contributed by atoms with Gasteiger partial charge in [-0.2, -0.15) is 0 Å². The van der Waals surface area contributed by atoms with Crippen LogP contribution in [0.15, 0.2) is 24.3 Å². The number of quaternary nitrogens is 2. The summed E-state index contributed by atoms with van der Waals surface area (Å²) in [6.07, 6.45) is 0.755. The molecule has 1 amide bonds. The molecule has 122 valence electrons. The lowest BCUT2D eigenvalue weighted by molar-refractivity contribution is -0.692. The zero-order valence-corrected chi connectivity index (χ0v) is 13.0. The number of hydrogen-bond acceptors (Lipinski definition) is 4. The molecule has 5 N–H and O–H groups in total. The van der Waals surface area contributed by atoms with Crippen molar-refractivity contribution in [2.45, 2.75) is 18.9 Å². The predicted molar refractivity (Wildman–Crippen MR) is 79.2 cm³/mol. The lowest BCUT2D eigenvalue weighted by atomic mass is 10.2. The molecule has 0 saturated heterocycles. The Morgan fingerprint density at radius 1 is 1.27 bits per heavy atom. The van der Waals surface area contributed by atoms with Crippen molar-refractivity contribution in [2.75, 3.05) is 32.6 Å². The Hall–Kier alpha value is -2.12. The van der Waals surface area contributed by atoms with Crippen LogP contribution in [-0.2, 0) is 9.59 Å². The third-order valence-electron chi connectivity index (χ3n) is 3.23. The third kappa shape index (κ3) is 6.55. The van der Waals surface area contributed by atoms with Gasteiger partial charge in [-0.3, -0.25) is 4.79 Å². The Morgan fingerprint density at radius 2 is 1.95 bits per heavy atom. The van der Waals surface area contributed by atoms with Crippen molar-refractivity contribution in [1.82, 2.24) is 0 Å². The van der Waals surface area contributed by atoms with Crippen molar-refractivity contribution in [1.29, 1.82) is 0 Å². The fourth-order valence-corrected chi connectivity index (χ4v) is 1.99. The summed E-state index contributed by atoms with van der Waals surface area (Å²) in [7, 11) is 3.52. The number of carboxylic acid groups (broad SMARTS) is 1. The van der Waals surface area contributed by atoms with Crippen LogP contribution in [0, 0.1) is 0 Å². The first-order valence-electron chi connectivity index (χ1n) is 7.32. The number of carbonyl (C=O) groups is 2. The van der Waals surface area contributed by atoms with Crippen molar-refractivity contribution in [3.05, 3.63) is 24.3 Å². The van der Waals surface area contributed by atoms with E-state index in [2.05, 4.69) is 5.32 Å². The van der Waals surface area contributed by atoms with E-state index in [9.17, 15) is 14.7 Å². The van der Waals surface area contributed by atoms with E-state index in [0.29, 0.717) is 18.0 Å². The number of amides is 1. The van der Waals surface area contributed by atoms with E-state index in [1.807, 2.05) is 12.4 Å². The van der Waals surface area contributed by atoms with Crippen molar-refractivity contribution in [2.24, 2.45) is 0 Å². The standard InChI is InChI=1S/C15H23N3O4/c1-16-8-3-9-17-13(15(20)21)10-14(19)18-11-4-6-12(22-2)7-5-11/h4-7,13,16-17H,3,8-10H2,1-2H3,(H,18,19)(H,20,21)/p+1/t13-/m0/s1. The van der Waals surface area contributed by atoms with Gasteiger partial charge in [0, 0.05) is 12.1 Å². The summed E-state index contributed by atoms with van der Waals surface area (Å²) in [5.41, 5.74) is 0.600. The maximum Gasteiger partial charge on any atom is 0.230 e. The van der Waals surface area contributed by atoms with Crippen LogP contribution >= 0.6 is 0 Å². The van der Waals surface area contributed by atoms with Crippen molar-refractivity contribution in [3.8, 4) is 5.75 Å². The summed E-state index contributed by atoms with van der Waals surface area (Å²) in [4.78, 5) is 23.0. The second kappa shape index (κ2) is 9.75. The molecule has 0 fully saturated rings. The predicted octanol–water partition coefficient (Wildman–Crippen LogP) is -2.71. The van der Waals surface area contributed by atoms with Gasteiger partial charge in [-0.05, 0) is 24.3 Å². The number of methoxy groups -OCH3 is 1. The van der Waals surface area contributed by atoms with Crippen LogP contribution < -0.4 is 25.8 Å². The fraction of sp³-hybridized carbons (Fsp3) is 0.467. The summed E-state index contributed by atoms with van der Waals surface area (Å²) in [5, 5.41) is 17.4. The molecular weight excluding hydrogens is 286 g/mol. The Labute approximate surface area is 130 Å². The average molecular weight is 310 g/mol. The Bertz CT molecular complexity index is 476. The molecular formula is C15H24N3O4+. The molecule has 0 aromatic heterocycles. The lowest BCUT2D eigenvalue weighted by Gasteiger charge is -2.16. The molecule has 0 bridgehead atoms. The first-order valence-corrected chi connectivity index (χ1v) is 7.32. The number of anilines is 1. The van der Waals surface area contributed by atoms with Gasteiger partial charge in [0.05, 0.1) is 39.6 Å². The maximum atomic E-state index is 11.9. The van der Waals surface area contributed by atoms with Crippen LogP contribution in [0.3, 0.4) is 0 Å². The van der Waals surface area contributed by atoms with Crippen LogP contribution in [0.4, 0.5) is 5.69 Å². The van der Waals surface area contributed by atoms with Gasteiger partial charge in [0.15, 0.2) is 0 Å². The van der Waals surface area contributed by atoms with E-state index in [-0.39, 0.29) is 12.3 Å². The molecule has 0 radical (unpaired) electrons. The fourth-order valence-electron chi connectivity index (χ4n) is 1.99. The molecule has 0 spiro atoms. The molecule has 0 heterocycles.